The van der Waals surface area contributed by atoms with Gasteiger partial charge < -0.3 is 15.4 Å². The number of hydrogen-bond donors (Lipinski definition) is 1. The Balaban J connectivity index is 2.42. The van der Waals surface area contributed by atoms with Crippen LogP contribution < -0.4 is 15.4 Å². The fraction of sp³-hybridized carbons (Fsp3) is 0.625. The van der Waals surface area contributed by atoms with Crippen molar-refractivity contribution in [3.63, 3.8) is 0 Å². The summed E-state index contributed by atoms with van der Waals surface area (Å²) >= 11 is 0. The number of anilines is 1. The van der Waals surface area contributed by atoms with E-state index in [4.69, 9.17) is 10.5 Å². The van der Waals surface area contributed by atoms with Crippen LogP contribution in [-0.2, 0) is 0 Å². The standard InChI is InChI=1S/C16H26N2O/c1-4-13-8-5-6-11-18(13)14-9-7-10-15(19-3)16(14)12(2)17/h7,9-10,12-13H,4-6,8,11,17H2,1-3H3. The molecule has 1 aliphatic rings. The molecule has 2 rings (SSSR count). The Bertz CT molecular complexity index is 417. The van der Waals surface area contributed by atoms with Gasteiger partial charge in [-0.05, 0) is 44.7 Å². The molecule has 0 aromatic heterocycles. The lowest BCUT2D eigenvalue weighted by atomic mass is 9.96. The highest BCUT2D eigenvalue weighted by Crippen LogP contribution is 2.37. The van der Waals surface area contributed by atoms with E-state index in [0.29, 0.717) is 6.04 Å². The molecule has 2 N–H and O–H groups in total. The van der Waals surface area contributed by atoms with Crippen LogP contribution >= 0.6 is 0 Å². The number of nitrogens with zero attached hydrogens (tertiary/aromatic N) is 1. The van der Waals surface area contributed by atoms with Crippen LogP contribution in [0.2, 0.25) is 0 Å². The average Bonchev–Trinajstić information content (AvgIpc) is 2.46. The number of ether oxygens (including phenoxy) is 1. The Morgan fingerprint density at radius 2 is 2.21 bits per heavy atom. The number of piperidine rings is 1. The maximum absolute atomic E-state index is 6.18. The highest BCUT2D eigenvalue weighted by Gasteiger charge is 2.25. The second-order valence-corrected chi connectivity index (χ2v) is 5.43. The van der Waals surface area contributed by atoms with Crippen molar-refractivity contribution in [3.05, 3.63) is 23.8 Å². The first-order valence-corrected chi connectivity index (χ1v) is 7.38. The van der Waals surface area contributed by atoms with Crippen LogP contribution in [-0.4, -0.2) is 19.7 Å². The van der Waals surface area contributed by atoms with Crippen molar-refractivity contribution in [2.75, 3.05) is 18.6 Å². The molecule has 0 bridgehead atoms. The van der Waals surface area contributed by atoms with Crippen LogP contribution in [0.15, 0.2) is 18.2 Å². The third-order valence-corrected chi connectivity index (χ3v) is 4.13. The fourth-order valence-corrected chi connectivity index (χ4v) is 3.16. The molecule has 19 heavy (non-hydrogen) atoms. The van der Waals surface area contributed by atoms with Gasteiger partial charge >= 0.3 is 0 Å². The predicted octanol–water partition coefficient (Wildman–Crippen LogP) is 3.48. The van der Waals surface area contributed by atoms with E-state index in [-0.39, 0.29) is 6.04 Å². The molecule has 3 heteroatoms. The molecule has 0 amide bonds. The summed E-state index contributed by atoms with van der Waals surface area (Å²) in [5.74, 6) is 0.910. The van der Waals surface area contributed by atoms with Crippen molar-refractivity contribution in [1.82, 2.24) is 0 Å². The van der Waals surface area contributed by atoms with Crippen molar-refractivity contribution >= 4 is 5.69 Å². The van der Waals surface area contributed by atoms with Gasteiger partial charge in [-0.15, -0.1) is 0 Å². The number of benzene rings is 1. The molecule has 106 valence electrons. The fourth-order valence-electron chi connectivity index (χ4n) is 3.16. The number of hydrogen-bond acceptors (Lipinski definition) is 3. The monoisotopic (exact) mass is 262 g/mol. The van der Waals surface area contributed by atoms with E-state index < -0.39 is 0 Å². The zero-order valence-corrected chi connectivity index (χ0v) is 12.4. The van der Waals surface area contributed by atoms with Crippen LogP contribution in [0, 0.1) is 0 Å². The summed E-state index contributed by atoms with van der Waals surface area (Å²) in [7, 11) is 1.72. The highest BCUT2D eigenvalue weighted by atomic mass is 16.5. The third-order valence-electron chi connectivity index (χ3n) is 4.13. The van der Waals surface area contributed by atoms with Crippen LogP contribution in [0.3, 0.4) is 0 Å². The molecule has 3 nitrogen and oxygen atoms in total. The molecule has 0 radical (unpaired) electrons. The topological polar surface area (TPSA) is 38.5 Å². The predicted molar refractivity (Wildman–Crippen MR) is 80.9 cm³/mol. The van der Waals surface area contributed by atoms with Gasteiger partial charge in [0, 0.05) is 29.9 Å². The molecule has 1 aromatic rings. The summed E-state index contributed by atoms with van der Waals surface area (Å²) in [4.78, 5) is 2.53. The molecule has 1 heterocycles. The Morgan fingerprint density at radius 1 is 1.42 bits per heavy atom. The van der Waals surface area contributed by atoms with E-state index in [9.17, 15) is 0 Å². The molecule has 0 saturated carbocycles. The van der Waals surface area contributed by atoms with E-state index in [1.165, 1.54) is 31.4 Å². The first kappa shape index (κ1) is 14.2. The van der Waals surface area contributed by atoms with Gasteiger partial charge in [0.2, 0.25) is 0 Å². The van der Waals surface area contributed by atoms with Crippen LogP contribution in [0.25, 0.3) is 0 Å². The lowest BCUT2D eigenvalue weighted by Crippen LogP contribution is -2.40. The van der Waals surface area contributed by atoms with Gasteiger partial charge in [0.1, 0.15) is 5.75 Å². The smallest absolute Gasteiger partial charge is 0.125 e. The van der Waals surface area contributed by atoms with Crippen molar-refractivity contribution in [2.24, 2.45) is 5.73 Å². The maximum atomic E-state index is 6.18. The van der Waals surface area contributed by atoms with Gasteiger partial charge in [0.15, 0.2) is 0 Å². The quantitative estimate of drug-likeness (QED) is 0.902. The lowest BCUT2D eigenvalue weighted by molar-refractivity contribution is 0.404. The highest BCUT2D eigenvalue weighted by molar-refractivity contribution is 5.61. The first-order chi connectivity index (χ1) is 9.19. The lowest BCUT2D eigenvalue weighted by Gasteiger charge is -2.39. The zero-order chi connectivity index (χ0) is 13.8. The molecule has 0 spiro atoms. The zero-order valence-electron chi connectivity index (χ0n) is 12.4. The summed E-state index contributed by atoms with van der Waals surface area (Å²) in [6, 6.07) is 6.90. The van der Waals surface area contributed by atoms with Gasteiger partial charge in [-0.25, -0.2) is 0 Å². The number of nitrogens with two attached hydrogens (primary N) is 1. The molecule has 1 saturated heterocycles. The normalized spacial score (nSPS) is 21.3. The van der Waals surface area contributed by atoms with Gasteiger partial charge in [-0.2, -0.15) is 0 Å². The molecule has 0 aliphatic carbocycles. The average molecular weight is 262 g/mol. The minimum atomic E-state index is -0.00872. The molecule has 2 unspecified atom stereocenters. The summed E-state index contributed by atoms with van der Waals surface area (Å²) in [5.41, 5.74) is 8.59. The van der Waals surface area contributed by atoms with Gasteiger partial charge in [0.25, 0.3) is 0 Å². The van der Waals surface area contributed by atoms with E-state index in [1.54, 1.807) is 7.11 Å². The number of rotatable bonds is 4. The summed E-state index contributed by atoms with van der Waals surface area (Å²) in [6.07, 6.45) is 5.08. The summed E-state index contributed by atoms with van der Waals surface area (Å²) in [6.45, 7) is 5.44. The molecule has 1 aliphatic heterocycles. The van der Waals surface area contributed by atoms with E-state index in [0.717, 1.165) is 17.9 Å². The van der Waals surface area contributed by atoms with Crippen LogP contribution in [0.4, 0.5) is 5.69 Å². The van der Waals surface area contributed by atoms with Crippen molar-refractivity contribution in [3.8, 4) is 5.75 Å². The second-order valence-electron chi connectivity index (χ2n) is 5.43. The Kier molecular flexibility index (Phi) is 4.70. The van der Waals surface area contributed by atoms with Crippen molar-refractivity contribution in [2.45, 2.75) is 51.6 Å². The van der Waals surface area contributed by atoms with E-state index in [1.807, 2.05) is 13.0 Å². The largest absolute Gasteiger partial charge is 0.496 e. The second kappa shape index (κ2) is 6.29. The van der Waals surface area contributed by atoms with Gasteiger partial charge in [0.05, 0.1) is 7.11 Å². The molecule has 2 atom stereocenters. The molecular formula is C16H26N2O. The maximum Gasteiger partial charge on any atom is 0.125 e. The summed E-state index contributed by atoms with van der Waals surface area (Å²) in [5, 5.41) is 0. The molecule has 1 aromatic carbocycles. The molecular weight excluding hydrogens is 236 g/mol. The number of methoxy groups -OCH3 is 1. The van der Waals surface area contributed by atoms with Crippen LogP contribution in [0.1, 0.15) is 51.1 Å². The van der Waals surface area contributed by atoms with E-state index >= 15 is 0 Å². The Labute approximate surface area is 116 Å². The summed E-state index contributed by atoms with van der Waals surface area (Å²) < 4.78 is 5.50. The van der Waals surface area contributed by atoms with Gasteiger partial charge in [-0.1, -0.05) is 13.0 Å². The van der Waals surface area contributed by atoms with Crippen LogP contribution in [0.5, 0.6) is 5.75 Å². The van der Waals surface area contributed by atoms with Crippen molar-refractivity contribution in [1.29, 1.82) is 0 Å². The first-order valence-electron chi connectivity index (χ1n) is 7.38. The minimum absolute atomic E-state index is 0.00872. The van der Waals surface area contributed by atoms with E-state index in [2.05, 4.69) is 24.0 Å². The Hall–Kier alpha value is -1.22. The minimum Gasteiger partial charge on any atom is -0.496 e. The Morgan fingerprint density at radius 3 is 2.84 bits per heavy atom. The van der Waals surface area contributed by atoms with Crippen molar-refractivity contribution < 1.29 is 4.74 Å². The molecule has 1 fully saturated rings. The van der Waals surface area contributed by atoms with Gasteiger partial charge in [-0.3, -0.25) is 0 Å². The third kappa shape index (κ3) is 2.86. The SMILES string of the molecule is CCC1CCCCN1c1cccc(OC)c1C(C)N.